The van der Waals surface area contributed by atoms with E-state index in [0.717, 1.165) is 22.4 Å². The van der Waals surface area contributed by atoms with E-state index in [0.29, 0.717) is 11.6 Å². The summed E-state index contributed by atoms with van der Waals surface area (Å²) in [6, 6.07) is 8.08. The highest BCUT2D eigenvalue weighted by Crippen LogP contribution is 2.17. The maximum atomic E-state index is 4.65. The lowest BCUT2D eigenvalue weighted by molar-refractivity contribution is -0.569. The fourth-order valence-electron chi connectivity index (χ4n) is 2.37. The molecule has 0 spiro atoms. The second kappa shape index (κ2) is 4.27. The Morgan fingerprint density at radius 3 is 2.81 bits per heavy atom. The number of rotatable bonds is 2. The minimum absolute atomic E-state index is 0.627. The number of nitrogens with one attached hydrogen (secondary N) is 2. The van der Waals surface area contributed by atoms with Crippen LogP contribution in [0.5, 0.6) is 0 Å². The molecule has 0 fully saturated rings. The summed E-state index contributed by atoms with van der Waals surface area (Å²) in [5, 5.41) is 0. The fraction of sp³-hybridized carbons (Fsp3) is 0.143. The van der Waals surface area contributed by atoms with Crippen LogP contribution in [0.3, 0.4) is 0 Å². The average molecular weight is 280 g/mol. The first-order valence-electron chi connectivity index (χ1n) is 6.60. The van der Waals surface area contributed by atoms with Gasteiger partial charge >= 0.3 is 5.95 Å². The third kappa shape index (κ3) is 1.74. The predicted octanol–water partition coefficient (Wildman–Crippen LogP) is 1.18. The highest BCUT2D eigenvalue weighted by molar-refractivity contribution is 5.79. The van der Waals surface area contributed by atoms with Gasteiger partial charge in [-0.3, -0.25) is 4.98 Å². The number of para-hydroxylation sites is 2. The van der Waals surface area contributed by atoms with Gasteiger partial charge in [0.2, 0.25) is 0 Å². The molecular weight excluding hydrogens is 266 g/mol. The van der Waals surface area contributed by atoms with Crippen molar-refractivity contribution < 1.29 is 4.57 Å². The van der Waals surface area contributed by atoms with Crippen molar-refractivity contribution in [3.05, 3.63) is 36.9 Å². The molecule has 0 saturated carbocycles. The SMILES string of the molecule is CN(C)c1nc(-[n+]2c[nH]c3ccccc32)c2[nH]cnc2n1. The molecular formula is C14H14N7+. The summed E-state index contributed by atoms with van der Waals surface area (Å²) in [6.45, 7) is 0. The van der Waals surface area contributed by atoms with E-state index in [1.807, 2.05) is 54.2 Å². The molecule has 1 aromatic carbocycles. The van der Waals surface area contributed by atoms with Crippen molar-refractivity contribution in [1.82, 2.24) is 24.9 Å². The smallest absolute Gasteiger partial charge is 0.304 e. The third-order valence-electron chi connectivity index (χ3n) is 3.40. The van der Waals surface area contributed by atoms with Crippen LogP contribution in [-0.2, 0) is 0 Å². The van der Waals surface area contributed by atoms with Crippen molar-refractivity contribution in [3.63, 3.8) is 0 Å². The van der Waals surface area contributed by atoms with Crippen molar-refractivity contribution in [3.8, 4) is 5.82 Å². The summed E-state index contributed by atoms with van der Waals surface area (Å²) in [5.74, 6) is 1.40. The Morgan fingerprint density at radius 1 is 1.10 bits per heavy atom. The summed E-state index contributed by atoms with van der Waals surface area (Å²) in [6.07, 6.45) is 3.53. The van der Waals surface area contributed by atoms with Crippen LogP contribution in [-0.4, -0.2) is 39.0 Å². The highest BCUT2D eigenvalue weighted by Gasteiger charge is 2.21. The van der Waals surface area contributed by atoms with Gasteiger partial charge in [-0.2, -0.15) is 9.55 Å². The quantitative estimate of drug-likeness (QED) is 0.540. The van der Waals surface area contributed by atoms with Gasteiger partial charge in [0.1, 0.15) is 11.0 Å². The molecule has 0 unspecified atom stereocenters. The van der Waals surface area contributed by atoms with Gasteiger partial charge in [0.05, 0.1) is 6.33 Å². The van der Waals surface area contributed by atoms with Crippen LogP contribution in [0.2, 0.25) is 0 Å². The van der Waals surface area contributed by atoms with E-state index >= 15 is 0 Å². The number of H-pyrrole nitrogens is 2. The molecule has 3 aromatic heterocycles. The van der Waals surface area contributed by atoms with Crippen molar-refractivity contribution in [2.45, 2.75) is 0 Å². The van der Waals surface area contributed by atoms with E-state index in [4.69, 9.17) is 0 Å². The van der Waals surface area contributed by atoms with Gasteiger partial charge in [-0.15, -0.1) is 0 Å². The molecule has 21 heavy (non-hydrogen) atoms. The molecule has 0 aliphatic rings. The van der Waals surface area contributed by atoms with Crippen molar-refractivity contribution in [2.24, 2.45) is 0 Å². The molecule has 0 bridgehead atoms. The van der Waals surface area contributed by atoms with E-state index in [-0.39, 0.29) is 0 Å². The number of hydrogen-bond donors (Lipinski definition) is 2. The summed E-state index contributed by atoms with van der Waals surface area (Å²) >= 11 is 0. The van der Waals surface area contributed by atoms with Crippen LogP contribution < -0.4 is 9.47 Å². The third-order valence-corrected chi connectivity index (χ3v) is 3.40. The molecule has 7 nitrogen and oxygen atoms in total. The number of aromatic nitrogens is 6. The first-order chi connectivity index (χ1) is 10.2. The van der Waals surface area contributed by atoms with Crippen LogP contribution in [0.4, 0.5) is 5.95 Å². The monoisotopic (exact) mass is 280 g/mol. The lowest BCUT2D eigenvalue weighted by atomic mass is 10.3. The highest BCUT2D eigenvalue weighted by atomic mass is 15.3. The molecule has 0 aliphatic heterocycles. The van der Waals surface area contributed by atoms with Gasteiger partial charge in [-0.25, -0.2) is 4.98 Å². The van der Waals surface area contributed by atoms with Crippen molar-refractivity contribution in [2.75, 3.05) is 19.0 Å². The topological polar surface area (TPSA) is 77.4 Å². The van der Waals surface area contributed by atoms with Gasteiger partial charge in [-0.05, 0) is 12.1 Å². The molecule has 0 radical (unpaired) electrons. The number of anilines is 1. The minimum atomic E-state index is 0.627. The maximum Gasteiger partial charge on any atom is 0.304 e. The van der Waals surface area contributed by atoms with Gasteiger partial charge in [0.25, 0.3) is 5.82 Å². The Hall–Kier alpha value is -2.96. The second-order valence-electron chi connectivity index (χ2n) is 5.00. The van der Waals surface area contributed by atoms with E-state index in [2.05, 4.69) is 24.9 Å². The molecule has 4 rings (SSSR count). The largest absolute Gasteiger partial charge is 0.338 e. The molecule has 3 heterocycles. The van der Waals surface area contributed by atoms with Crippen LogP contribution in [0.25, 0.3) is 28.0 Å². The molecule has 4 aromatic rings. The Kier molecular flexibility index (Phi) is 2.41. The number of hydrogen-bond acceptors (Lipinski definition) is 4. The average Bonchev–Trinajstić information content (AvgIpc) is 3.12. The molecule has 104 valence electrons. The first-order valence-corrected chi connectivity index (χ1v) is 6.60. The van der Waals surface area contributed by atoms with E-state index in [1.54, 1.807) is 6.33 Å². The molecule has 7 heteroatoms. The number of benzene rings is 1. The predicted molar refractivity (Wildman–Crippen MR) is 79.4 cm³/mol. The number of aromatic amines is 2. The zero-order valence-corrected chi connectivity index (χ0v) is 11.7. The van der Waals surface area contributed by atoms with Gasteiger partial charge in [-0.1, -0.05) is 17.1 Å². The summed E-state index contributed by atoms with van der Waals surface area (Å²) in [7, 11) is 3.83. The Bertz CT molecular complexity index is 935. The fourth-order valence-corrected chi connectivity index (χ4v) is 2.37. The normalized spacial score (nSPS) is 11.3. The number of fused-ring (bicyclic) bond motifs is 2. The summed E-state index contributed by atoms with van der Waals surface area (Å²) in [4.78, 5) is 21.6. The second-order valence-corrected chi connectivity index (χ2v) is 5.00. The zero-order chi connectivity index (χ0) is 14.4. The van der Waals surface area contributed by atoms with Gasteiger partial charge < -0.3 is 9.88 Å². The molecule has 0 saturated heterocycles. The Morgan fingerprint density at radius 2 is 1.95 bits per heavy atom. The van der Waals surface area contributed by atoms with Crippen LogP contribution in [0.1, 0.15) is 0 Å². The van der Waals surface area contributed by atoms with E-state index in [1.165, 1.54) is 0 Å². The number of imidazole rings is 2. The molecule has 0 atom stereocenters. The number of nitrogens with zero attached hydrogens (tertiary/aromatic N) is 5. The Balaban J connectivity index is 2.07. The van der Waals surface area contributed by atoms with Gasteiger partial charge in [0, 0.05) is 14.1 Å². The molecule has 2 N–H and O–H groups in total. The minimum Gasteiger partial charge on any atom is -0.338 e. The lowest BCUT2D eigenvalue weighted by Gasteiger charge is -2.07. The Labute approximate surface area is 120 Å². The summed E-state index contributed by atoms with van der Waals surface area (Å²) in [5.41, 5.74) is 3.57. The standard InChI is InChI=1S/C14H13N7/c1-20(2)14-18-12-11(15-7-16-12)13(19-14)21-8-17-9-5-3-4-6-10(9)21/h3-8H,1-2H3,(H,15,16,18,19)/p+1. The summed E-state index contributed by atoms with van der Waals surface area (Å²) < 4.78 is 2.00. The van der Waals surface area contributed by atoms with Crippen LogP contribution >= 0.6 is 0 Å². The van der Waals surface area contributed by atoms with E-state index < -0.39 is 0 Å². The van der Waals surface area contributed by atoms with E-state index in [9.17, 15) is 0 Å². The van der Waals surface area contributed by atoms with Crippen molar-refractivity contribution in [1.29, 1.82) is 0 Å². The van der Waals surface area contributed by atoms with Crippen LogP contribution in [0, 0.1) is 0 Å². The lowest BCUT2D eigenvalue weighted by Crippen LogP contribution is -2.31. The zero-order valence-electron chi connectivity index (χ0n) is 11.7. The van der Waals surface area contributed by atoms with Crippen LogP contribution in [0.15, 0.2) is 36.9 Å². The van der Waals surface area contributed by atoms with Crippen molar-refractivity contribution >= 4 is 28.1 Å². The maximum absolute atomic E-state index is 4.65. The van der Waals surface area contributed by atoms with Gasteiger partial charge in [0.15, 0.2) is 17.5 Å². The first kappa shape index (κ1) is 11.8. The molecule has 0 amide bonds. The molecule has 0 aliphatic carbocycles.